The molecule has 1 saturated heterocycles. The van der Waals surface area contributed by atoms with Gasteiger partial charge >= 0.3 is 0 Å². The first kappa shape index (κ1) is 9.05. The molecular formula is C10H21N. The summed E-state index contributed by atoms with van der Waals surface area (Å²) < 4.78 is 0. The molecule has 1 fully saturated rings. The van der Waals surface area contributed by atoms with Crippen molar-refractivity contribution in [3.05, 3.63) is 0 Å². The first-order valence-corrected chi connectivity index (χ1v) is 4.72. The van der Waals surface area contributed by atoms with E-state index in [1.807, 2.05) is 0 Å². The van der Waals surface area contributed by atoms with Gasteiger partial charge in [-0.05, 0) is 36.8 Å². The summed E-state index contributed by atoms with van der Waals surface area (Å²) in [5, 5.41) is 3.47. The van der Waals surface area contributed by atoms with Gasteiger partial charge in [-0.1, -0.05) is 27.7 Å². The molecule has 0 aromatic rings. The van der Waals surface area contributed by atoms with E-state index in [9.17, 15) is 0 Å². The van der Waals surface area contributed by atoms with Crippen molar-refractivity contribution in [1.82, 2.24) is 5.32 Å². The summed E-state index contributed by atoms with van der Waals surface area (Å²) >= 11 is 0. The van der Waals surface area contributed by atoms with E-state index < -0.39 is 0 Å². The summed E-state index contributed by atoms with van der Waals surface area (Å²) in [6.07, 6.45) is 1.35. The molecule has 1 heteroatoms. The lowest BCUT2D eigenvalue weighted by Gasteiger charge is -2.39. The van der Waals surface area contributed by atoms with Crippen LogP contribution in [0.15, 0.2) is 0 Å². The second kappa shape index (κ2) is 3.14. The third kappa shape index (κ3) is 2.19. The van der Waals surface area contributed by atoms with Gasteiger partial charge in [0.15, 0.2) is 0 Å². The third-order valence-corrected chi connectivity index (χ3v) is 2.94. The van der Waals surface area contributed by atoms with Crippen molar-refractivity contribution in [1.29, 1.82) is 0 Å². The van der Waals surface area contributed by atoms with Gasteiger partial charge in [-0.15, -0.1) is 0 Å². The Bertz CT molecular complexity index is 123. The highest BCUT2D eigenvalue weighted by molar-refractivity contribution is 4.83. The highest BCUT2D eigenvalue weighted by Crippen LogP contribution is 2.34. The van der Waals surface area contributed by atoms with Crippen LogP contribution in [-0.4, -0.2) is 13.1 Å². The second-order valence-corrected chi connectivity index (χ2v) is 4.94. The molecule has 66 valence electrons. The Morgan fingerprint density at radius 2 is 1.91 bits per heavy atom. The van der Waals surface area contributed by atoms with Gasteiger partial charge in [0.05, 0.1) is 0 Å². The van der Waals surface area contributed by atoms with Crippen LogP contribution < -0.4 is 5.32 Å². The van der Waals surface area contributed by atoms with E-state index in [-0.39, 0.29) is 0 Å². The van der Waals surface area contributed by atoms with Crippen molar-refractivity contribution < 1.29 is 0 Å². The number of hydrogen-bond acceptors (Lipinski definition) is 1. The van der Waals surface area contributed by atoms with Crippen molar-refractivity contribution in [2.45, 2.75) is 34.1 Å². The number of piperidine rings is 1. The molecule has 0 aromatic heterocycles. The predicted molar refractivity (Wildman–Crippen MR) is 49.6 cm³/mol. The maximum Gasteiger partial charge on any atom is -0.00130 e. The molecule has 0 spiro atoms. The Morgan fingerprint density at radius 3 is 2.27 bits per heavy atom. The summed E-state index contributed by atoms with van der Waals surface area (Å²) in [5.74, 6) is 1.76. The van der Waals surface area contributed by atoms with Crippen LogP contribution in [0, 0.1) is 17.3 Å². The van der Waals surface area contributed by atoms with Crippen molar-refractivity contribution >= 4 is 0 Å². The molecule has 0 saturated carbocycles. The summed E-state index contributed by atoms with van der Waals surface area (Å²) in [6.45, 7) is 11.9. The smallest absolute Gasteiger partial charge is 0.00130 e. The van der Waals surface area contributed by atoms with Crippen LogP contribution in [0.3, 0.4) is 0 Å². The van der Waals surface area contributed by atoms with E-state index in [1.54, 1.807) is 0 Å². The van der Waals surface area contributed by atoms with Gasteiger partial charge in [-0.2, -0.15) is 0 Å². The van der Waals surface area contributed by atoms with Crippen LogP contribution >= 0.6 is 0 Å². The van der Waals surface area contributed by atoms with Gasteiger partial charge in [0.2, 0.25) is 0 Å². The molecule has 0 amide bonds. The maximum atomic E-state index is 3.47. The summed E-state index contributed by atoms with van der Waals surface area (Å²) in [5.41, 5.74) is 0.479. The fraction of sp³-hybridized carbons (Fsp3) is 1.00. The molecule has 11 heavy (non-hydrogen) atoms. The predicted octanol–water partition coefficient (Wildman–Crippen LogP) is 2.28. The Kier molecular flexibility index (Phi) is 2.58. The summed E-state index contributed by atoms with van der Waals surface area (Å²) in [4.78, 5) is 0. The lowest BCUT2D eigenvalue weighted by molar-refractivity contribution is 0.133. The van der Waals surface area contributed by atoms with E-state index in [0.717, 1.165) is 11.8 Å². The minimum absolute atomic E-state index is 0.479. The molecule has 0 aromatic carbocycles. The lowest BCUT2D eigenvalue weighted by Crippen LogP contribution is -2.41. The monoisotopic (exact) mass is 155 g/mol. The largest absolute Gasteiger partial charge is 0.316 e. The molecule has 0 radical (unpaired) electrons. The quantitative estimate of drug-likeness (QED) is 0.566. The fourth-order valence-electron chi connectivity index (χ4n) is 2.15. The molecule has 1 unspecified atom stereocenters. The van der Waals surface area contributed by atoms with Crippen molar-refractivity contribution in [2.24, 2.45) is 17.3 Å². The van der Waals surface area contributed by atoms with Crippen LogP contribution in [0.25, 0.3) is 0 Å². The van der Waals surface area contributed by atoms with Crippen molar-refractivity contribution in [2.75, 3.05) is 13.1 Å². The fourth-order valence-corrected chi connectivity index (χ4v) is 2.15. The molecule has 2 atom stereocenters. The molecule has 0 bridgehead atoms. The maximum absolute atomic E-state index is 3.47. The number of rotatable bonds is 0. The van der Waals surface area contributed by atoms with Gasteiger partial charge in [0.25, 0.3) is 0 Å². The summed E-state index contributed by atoms with van der Waals surface area (Å²) in [6, 6.07) is 0. The number of hydrogen-bond donors (Lipinski definition) is 1. The Balaban J connectivity index is 2.55. The Morgan fingerprint density at radius 1 is 1.27 bits per heavy atom. The standard InChI is InChI=1S/C10H21N/c1-8-5-6-11-7-9(8)10(2,3)4/h8-9,11H,5-7H2,1-4H3/t8-,9?/m0/s1. The molecule has 0 aliphatic carbocycles. The third-order valence-electron chi connectivity index (χ3n) is 2.94. The van der Waals surface area contributed by atoms with Crippen LogP contribution in [0.4, 0.5) is 0 Å². The molecule has 1 aliphatic heterocycles. The van der Waals surface area contributed by atoms with E-state index in [1.165, 1.54) is 19.5 Å². The zero-order valence-corrected chi connectivity index (χ0v) is 8.28. The average Bonchev–Trinajstić information content (AvgIpc) is 1.86. The van der Waals surface area contributed by atoms with Gasteiger partial charge in [0.1, 0.15) is 0 Å². The van der Waals surface area contributed by atoms with Gasteiger partial charge < -0.3 is 5.32 Å². The lowest BCUT2D eigenvalue weighted by atomic mass is 9.71. The van der Waals surface area contributed by atoms with Crippen LogP contribution in [0.2, 0.25) is 0 Å². The highest BCUT2D eigenvalue weighted by atomic mass is 14.9. The average molecular weight is 155 g/mol. The highest BCUT2D eigenvalue weighted by Gasteiger charge is 2.30. The zero-order valence-electron chi connectivity index (χ0n) is 8.28. The molecule has 1 aliphatic rings. The Labute approximate surface area is 70.6 Å². The van der Waals surface area contributed by atoms with Gasteiger partial charge in [-0.25, -0.2) is 0 Å². The minimum Gasteiger partial charge on any atom is -0.316 e. The topological polar surface area (TPSA) is 12.0 Å². The zero-order chi connectivity index (χ0) is 8.48. The van der Waals surface area contributed by atoms with Gasteiger partial charge in [0, 0.05) is 0 Å². The van der Waals surface area contributed by atoms with Crippen molar-refractivity contribution in [3.8, 4) is 0 Å². The van der Waals surface area contributed by atoms with Crippen molar-refractivity contribution in [3.63, 3.8) is 0 Å². The van der Waals surface area contributed by atoms with Crippen LogP contribution in [-0.2, 0) is 0 Å². The molecule has 1 rings (SSSR count). The van der Waals surface area contributed by atoms with Crippen LogP contribution in [0.1, 0.15) is 34.1 Å². The van der Waals surface area contributed by atoms with E-state index in [4.69, 9.17) is 0 Å². The number of nitrogens with one attached hydrogen (secondary N) is 1. The Hall–Kier alpha value is -0.0400. The minimum atomic E-state index is 0.479. The van der Waals surface area contributed by atoms with E-state index in [0.29, 0.717) is 5.41 Å². The van der Waals surface area contributed by atoms with Gasteiger partial charge in [-0.3, -0.25) is 0 Å². The van der Waals surface area contributed by atoms with E-state index in [2.05, 4.69) is 33.0 Å². The first-order valence-electron chi connectivity index (χ1n) is 4.72. The second-order valence-electron chi connectivity index (χ2n) is 4.94. The molecular weight excluding hydrogens is 134 g/mol. The molecule has 1 heterocycles. The summed E-state index contributed by atoms with van der Waals surface area (Å²) in [7, 11) is 0. The molecule has 1 N–H and O–H groups in total. The van der Waals surface area contributed by atoms with Crippen LogP contribution in [0.5, 0.6) is 0 Å². The SMILES string of the molecule is C[C@H]1CCNCC1C(C)(C)C. The first-order chi connectivity index (χ1) is 5.02. The molecule has 1 nitrogen and oxygen atoms in total. The van der Waals surface area contributed by atoms with E-state index >= 15 is 0 Å². The normalized spacial score (nSPS) is 33.8.